The minimum atomic E-state index is -0.759. The van der Waals surface area contributed by atoms with Crippen molar-refractivity contribution in [2.75, 3.05) is 5.32 Å². The second-order valence-corrected chi connectivity index (χ2v) is 8.26. The van der Waals surface area contributed by atoms with Crippen molar-refractivity contribution in [3.8, 4) is 22.5 Å². The molecule has 0 bridgehead atoms. The van der Waals surface area contributed by atoms with Gasteiger partial charge in [0.15, 0.2) is 18.0 Å². The summed E-state index contributed by atoms with van der Waals surface area (Å²) in [6, 6.07) is 24.7. The summed E-state index contributed by atoms with van der Waals surface area (Å²) in [5.74, 6) is -0.0562. The highest BCUT2D eigenvalue weighted by Gasteiger charge is 2.51. The zero-order chi connectivity index (χ0) is 23.5. The van der Waals surface area contributed by atoms with Crippen LogP contribution < -0.4 is 5.32 Å². The minimum absolute atomic E-state index is 0.154. The molecule has 0 unspecified atom stereocenters. The lowest BCUT2D eigenvalue weighted by atomic mass is 9.93. The van der Waals surface area contributed by atoms with Gasteiger partial charge in [-0.25, -0.2) is 4.79 Å². The van der Waals surface area contributed by atoms with Crippen LogP contribution in [0.5, 0.6) is 0 Å². The molecule has 1 aliphatic carbocycles. The molecule has 5 rings (SSSR count). The number of aromatic nitrogens is 1. The van der Waals surface area contributed by atoms with Gasteiger partial charge in [0.05, 0.1) is 5.41 Å². The van der Waals surface area contributed by atoms with Crippen molar-refractivity contribution in [2.45, 2.75) is 24.9 Å². The molecule has 2 N–H and O–H groups in total. The Morgan fingerprint density at radius 2 is 1.53 bits per heavy atom. The van der Waals surface area contributed by atoms with E-state index in [4.69, 9.17) is 9.15 Å². The molecule has 4 aromatic rings. The number of anilines is 1. The Balaban J connectivity index is 1.26. The van der Waals surface area contributed by atoms with Crippen LogP contribution in [0.2, 0.25) is 0 Å². The van der Waals surface area contributed by atoms with Crippen LogP contribution >= 0.6 is 0 Å². The molecule has 0 saturated heterocycles. The van der Waals surface area contributed by atoms with Crippen LogP contribution in [0.4, 0.5) is 10.6 Å². The van der Waals surface area contributed by atoms with Crippen LogP contribution in [0, 0.1) is 0 Å². The van der Waals surface area contributed by atoms with Gasteiger partial charge in [0.25, 0.3) is 0 Å². The molecule has 7 heteroatoms. The van der Waals surface area contributed by atoms with E-state index >= 15 is 0 Å². The van der Waals surface area contributed by atoms with Gasteiger partial charge in [-0.3, -0.25) is 10.1 Å². The Bertz CT molecular complexity index is 1310. The number of carboxylic acid groups (broad SMARTS) is 1. The predicted molar refractivity (Wildman–Crippen MR) is 126 cm³/mol. The number of rotatable bonds is 7. The summed E-state index contributed by atoms with van der Waals surface area (Å²) < 4.78 is 10.8. The van der Waals surface area contributed by atoms with E-state index in [1.165, 1.54) is 6.39 Å². The molecular weight excluding hydrogens is 432 g/mol. The third-order valence-electron chi connectivity index (χ3n) is 6.08. The maximum absolute atomic E-state index is 12.2. The van der Waals surface area contributed by atoms with E-state index in [1.807, 2.05) is 78.9 Å². The Morgan fingerprint density at radius 1 is 0.912 bits per heavy atom. The van der Waals surface area contributed by atoms with E-state index in [1.54, 1.807) is 0 Å². The predicted octanol–water partition coefficient (Wildman–Crippen LogP) is 5.87. The Morgan fingerprint density at radius 3 is 2.15 bits per heavy atom. The zero-order valence-corrected chi connectivity index (χ0v) is 18.2. The summed E-state index contributed by atoms with van der Waals surface area (Å²) in [4.78, 5) is 27.8. The number of amides is 1. The standard InChI is InChI=1S/C27H22N2O5/c30-25(31)27(14-15-27)22-12-10-20(11-13-22)19-6-8-21(9-7-19)23-24(28-17-34-23)29-26(32)33-16-18-4-2-1-3-5-18/h1-13,17H,14-16H2,(H,29,32)(H,30,31). The molecule has 1 saturated carbocycles. The number of hydrogen-bond acceptors (Lipinski definition) is 5. The average molecular weight is 454 g/mol. The lowest BCUT2D eigenvalue weighted by molar-refractivity contribution is -0.140. The summed E-state index contributed by atoms with van der Waals surface area (Å²) in [7, 11) is 0. The first-order chi connectivity index (χ1) is 16.5. The number of benzene rings is 3. The molecule has 1 heterocycles. The number of carboxylic acids is 1. The Kier molecular flexibility index (Phi) is 5.59. The number of aliphatic carboxylic acids is 1. The fraction of sp³-hybridized carbons (Fsp3) is 0.148. The van der Waals surface area contributed by atoms with E-state index in [2.05, 4.69) is 10.3 Å². The molecule has 34 heavy (non-hydrogen) atoms. The van der Waals surface area contributed by atoms with Gasteiger partial charge in [-0.2, -0.15) is 4.98 Å². The molecule has 1 aromatic heterocycles. The molecule has 170 valence electrons. The highest BCUT2D eigenvalue weighted by atomic mass is 16.5. The van der Waals surface area contributed by atoms with Crippen LogP contribution in [0.3, 0.4) is 0 Å². The number of carbonyl (C=O) groups excluding carboxylic acids is 1. The average Bonchev–Trinajstić information content (AvgIpc) is 3.57. The normalized spacial score (nSPS) is 13.8. The van der Waals surface area contributed by atoms with Gasteiger partial charge >= 0.3 is 12.1 Å². The molecule has 1 fully saturated rings. The topological polar surface area (TPSA) is 102 Å². The number of nitrogens with one attached hydrogen (secondary N) is 1. The van der Waals surface area contributed by atoms with Crippen molar-refractivity contribution in [3.63, 3.8) is 0 Å². The third kappa shape index (κ3) is 4.28. The van der Waals surface area contributed by atoms with Crippen LogP contribution in [-0.2, 0) is 21.6 Å². The van der Waals surface area contributed by atoms with Gasteiger partial charge in [0.1, 0.15) is 6.61 Å². The number of nitrogens with zero attached hydrogens (tertiary/aromatic N) is 1. The maximum Gasteiger partial charge on any atom is 0.413 e. The fourth-order valence-corrected chi connectivity index (χ4v) is 3.94. The largest absolute Gasteiger partial charge is 0.481 e. The first kappa shape index (κ1) is 21.5. The van der Waals surface area contributed by atoms with Crippen molar-refractivity contribution < 1.29 is 23.8 Å². The second kappa shape index (κ2) is 8.86. The second-order valence-electron chi connectivity index (χ2n) is 8.26. The Hall–Kier alpha value is -4.39. The molecule has 3 aromatic carbocycles. The van der Waals surface area contributed by atoms with Gasteiger partial charge in [-0.15, -0.1) is 0 Å². The van der Waals surface area contributed by atoms with Gasteiger partial charge < -0.3 is 14.3 Å². The van der Waals surface area contributed by atoms with E-state index in [0.717, 1.165) is 27.8 Å². The van der Waals surface area contributed by atoms with Crippen LogP contribution in [0.1, 0.15) is 24.0 Å². The summed E-state index contributed by atoms with van der Waals surface area (Å²) in [6.45, 7) is 0.154. The number of carbonyl (C=O) groups is 2. The summed E-state index contributed by atoms with van der Waals surface area (Å²) in [6.07, 6.45) is 2.02. The molecule has 0 aliphatic heterocycles. The van der Waals surface area contributed by atoms with E-state index in [9.17, 15) is 14.7 Å². The number of hydrogen-bond donors (Lipinski definition) is 2. The molecule has 7 nitrogen and oxygen atoms in total. The van der Waals surface area contributed by atoms with E-state index < -0.39 is 17.5 Å². The molecule has 0 atom stereocenters. The Labute approximate surface area is 196 Å². The van der Waals surface area contributed by atoms with Gasteiger partial charge in [0.2, 0.25) is 0 Å². The van der Waals surface area contributed by atoms with Crippen molar-refractivity contribution in [3.05, 3.63) is 96.4 Å². The molecular formula is C27H22N2O5. The first-order valence-corrected chi connectivity index (χ1v) is 10.9. The third-order valence-corrected chi connectivity index (χ3v) is 6.08. The van der Waals surface area contributed by atoms with Crippen LogP contribution in [-0.4, -0.2) is 22.2 Å². The number of ether oxygens (including phenoxy) is 1. The lowest BCUT2D eigenvalue weighted by Gasteiger charge is -2.11. The van der Waals surface area contributed by atoms with E-state index in [0.29, 0.717) is 18.6 Å². The number of oxazole rings is 1. The van der Waals surface area contributed by atoms with Gasteiger partial charge in [-0.1, -0.05) is 78.9 Å². The molecule has 0 spiro atoms. The van der Waals surface area contributed by atoms with Crippen molar-refractivity contribution >= 4 is 17.9 Å². The smallest absolute Gasteiger partial charge is 0.413 e. The van der Waals surface area contributed by atoms with Crippen molar-refractivity contribution in [2.24, 2.45) is 0 Å². The van der Waals surface area contributed by atoms with Gasteiger partial charge in [0, 0.05) is 5.56 Å². The molecule has 0 radical (unpaired) electrons. The summed E-state index contributed by atoms with van der Waals surface area (Å²) in [5.41, 5.74) is 3.73. The minimum Gasteiger partial charge on any atom is -0.481 e. The quantitative estimate of drug-likeness (QED) is 0.362. The van der Waals surface area contributed by atoms with E-state index in [-0.39, 0.29) is 12.4 Å². The van der Waals surface area contributed by atoms with Crippen molar-refractivity contribution in [1.29, 1.82) is 0 Å². The van der Waals surface area contributed by atoms with Crippen LogP contribution in [0.25, 0.3) is 22.5 Å². The maximum atomic E-state index is 12.2. The highest BCUT2D eigenvalue weighted by Crippen LogP contribution is 2.48. The summed E-state index contributed by atoms with van der Waals surface area (Å²) in [5, 5.41) is 12.1. The van der Waals surface area contributed by atoms with Crippen molar-refractivity contribution in [1.82, 2.24) is 4.98 Å². The van der Waals surface area contributed by atoms with Crippen LogP contribution in [0.15, 0.2) is 89.7 Å². The monoisotopic (exact) mass is 454 g/mol. The SMILES string of the molecule is O=C(Nc1ncoc1-c1ccc(-c2ccc(C3(C(=O)O)CC3)cc2)cc1)OCc1ccccc1. The highest BCUT2D eigenvalue weighted by molar-refractivity contribution is 5.88. The first-order valence-electron chi connectivity index (χ1n) is 10.9. The molecule has 1 amide bonds. The fourth-order valence-electron chi connectivity index (χ4n) is 3.94. The lowest BCUT2D eigenvalue weighted by Crippen LogP contribution is -2.19. The summed E-state index contributed by atoms with van der Waals surface area (Å²) >= 11 is 0. The zero-order valence-electron chi connectivity index (χ0n) is 18.2. The molecule has 1 aliphatic rings. The van der Waals surface area contributed by atoms with Gasteiger partial charge in [-0.05, 0) is 35.1 Å².